The molecule has 1 saturated carbocycles. The summed E-state index contributed by atoms with van der Waals surface area (Å²) in [6.45, 7) is 3.75. The molecule has 1 saturated heterocycles. The molecular weight excluding hydrogens is 326 g/mol. The molecule has 2 fully saturated rings. The number of aromatic amines is 1. The first kappa shape index (κ1) is 17.4. The highest BCUT2D eigenvalue weighted by molar-refractivity contribution is 5.79. The van der Waals surface area contributed by atoms with Gasteiger partial charge >= 0.3 is 5.69 Å². The molecule has 0 spiro atoms. The van der Waals surface area contributed by atoms with E-state index in [1.165, 1.54) is 19.3 Å². The van der Waals surface area contributed by atoms with Crippen molar-refractivity contribution in [3.05, 3.63) is 34.7 Å². The second-order valence-electron chi connectivity index (χ2n) is 7.93. The first-order valence-electron chi connectivity index (χ1n) is 10.2. The van der Waals surface area contributed by atoms with Crippen LogP contribution in [0.25, 0.3) is 11.0 Å². The number of imidazole rings is 1. The molecule has 0 bridgehead atoms. The number of amides is 1. The van der Waals surface area contributed by atoms with E-state index in [0.717, 1.165) is 49.8 Å². The van der Waals surface area contributed by atoms with Gasteiger partial charge in [0.2, 0.25) is 5.91 Å². The number of likely N-dealkylation sites (tertiary alicyclic amines) is 1. The normalized spacial score (nSPS) is 24.9. The van der Waals surface area contributed by atoms with E-state index in [1.54, 1.807) is 0 Å². The Balaban J connectivity index is 1.46. The number of nitrogens with zero attached hydrogens (tertiary/aromatic N) is 2. The largest absolute Gasteiger partial charge is 0.342 e. The monoisotopic (exact) mass is 355 g/mol. The Kier molecular flexibility index (Phi) is 4.88. The number of fused-ring (bicyclic) bond motifs is 1. The van der Waals surface area contributed by atoms with Gasteiger partial charge in [-0.2, -0.15) is 0 Å². The van der Waals surface area contributed by atoms with Crippen molar-refractivity contribution in [2.24, 2.45) is 11.8 Å². The molecule has 2 aromatic rings. The summed E-state index contributed by atoms with van der Waals surface area (Å²) in [7, 11) is 0. The van der Waals surface area contributed by atoms with Gasteiger partial charge in [-0.3, -0.25) is 9.36 Å². The highest BCUT2D eigenvalue weighted by Crippen LogP contribution is 2.35. The molecule has 26 heavy (non-hydrogen) atoms. The second-order valence-corrected chi connectivity index (χ2v) is 7.93. The minimum atomic E-state index is -0.0331. The van der Waals surface area contributed by atoms with Crippen LogP contribution in [-0.4, -0.2) is 33.4 Å². The first-order valence-corrected chi connectivity index (χ1v) is 10.2. The van der Waals surface area contributed by atoms with Crippen LogP contribution in [0.15, 0.2) is 29.1 Å². The minimum Gasteiger partial charge on any atom is -0.342 e. The second kappa shape index (κ2) is 7.29. The third kappa shape index (κ3) is 3.08. The standard InChI is InChI=1S/C21H29N3O2/c1-2-15-7-3-4-8-17(15)20(25)23-13-11-16(12-14-23)24-19-10-6-5-9-18(19)22-21(24)26/h5-6,9-10,15-17H,2-4,7-8,11-14H2,1H3,(H,22,26). The van der Waals surface area contributed by atoms with Crippen molar-refractivity contribution in [2.75, 3.05) is 13.1 Å². The predicted molar refractivity (Wildman–Crippen MR) is 103 cm³/mol. The van der Waals surface area contributed by atoms with Gasteiger partial charge < -0.3 is 9.88 Å². The van der Waals surface area contributed by atoms with Crippen LogP contribution in [0.2, 0.25) is 0 Å². The third-order valence-electron chi connectivity index (χ3n) is 6.52. The molecule has 2 aliphatic rings. The Bertz CT molecular complexity index is 829. The average Bonchev–Trinajstić information content (AvgIpc) is 3.03. The number of hydrogen-bond acceptors (Lipinski definition) is 2. The topological polar surface area (TPSA) is 58.1 Å². The molecule has 5 heteroatoms. The van der Waals surface area contributed by atoms with E-state index in [2.05, 4.69) is 16.8 Å². The van der Waals surface area contributed by atoms with Crippen molar-refractivity contribution in [1.29, 1.82) is 0 Å². The number of carbonyl (C=O) groups is 1. The summed E-state index contributed by atoms with van der Waals surface area (Å²) >= 11 is 0. The zero-order valence-corrected chi connectivity index (χ0v) is 15.6. The summed E-state index contributed by atoms with van der Waals surface area (Å²) in [5.41, 5.74) is 1.83. The first-order chi connectivity index (χ1) is 12.7. The van der Waals surface area contributed by atoms with E-state index < -0.39 is 0 Å². The quantitative estimate of drug-likeness (QED) is 0.912. The Morgan fingerprint density at radius 1 is 1.12 bits per heavy atom. The van der Waals surface area contributed by atoms with Crippen molar-refractivity contribution in [1.82, 2.24) is 14.5 Å². The lowest BCUT2D eigenvalue weighted by Gasteiger charge is -2.38. The van der Waals surface area contributed by atoms with Crippen LogP contribution < -0.4 is 5.69 Å². The zero-order valence-electron chi connectivity index (χ0n) is 15.6. The van der Waals surface area contributed by atoms with Crippen LogP contribution in [0.1, 0.15) is 57.9 Å². The lowest BCUT2D eigenvalue weighted by molar-refractivity contribution is -0.140. The molecular formula is C21H29N3O2. The fourth-order valence-corrected chi connectivity index (χ4v) is 5.04. The average molecular weight is 355 g/mol. The molecule has 1 aromatic heterocycles. The number of piperidine rings is 1. The summed E-state index contributed by atoms with van der Waals surface area (Å²) in [5, 5.41) is 0. The summed E-state index contributed by atoms with van der Waals surface area (Å²) in [6, 6.07) is 8.03. The van der Waals surface area contributed by atoms with Gasteiger partial charge in [0.15, 0.2) is 0 Å². The summed E-state index contributed by atoms with van der Waals surface area (Å²) in [6.07, 6.45) is 7.54. The van der Waals surface area contributed by atoms with Crippen molar-refractivity contribution in [3.8, 4) is 0 Å². The molecule has 0 radical (unpaired) electrons. The minimum absolute atomic E-state index is 0.0331. The van der Waals surface area contributed by atoms with Gasteiger partial charge in [0.05, 0.1) is 11.0 Å². The van der Waals surface area contributed by atoms with Gasteiger partial charge in [0.25, 0.3) is 0 Å². The SMILES string of the molecule is CCC1CCCCC1C(=O)N1CCC(n2c(=O)[nH]c3ccccc32)CC1. The number of benzene rings is 1. The number of aromatic nitrogens is 2. The van der Waals surface area contributed by atoms with Crippen molar-refractivity contribution < 1.29 is 4.79 Å². The van der Waals surface area contributed by atoms with Gasteiger partial charge in [-0.15, -0.1) is 0 Å². The maximum atomic E-state index is 13.0. The van der Waals surface area contributed by atoms with E-state index in [1.807, 2.05) is 28.8 Å². The lowest BCUT2D eigenvalue weighted by Crippen LogP contribution is -2.45. The fraction of sp³-hybridized carbons (Fsp3) is 0.619. The van der Waals surface area contributed by atoms with Crippen molar-refractivity contribution >= 4 is 16.9 Å². The third-order valence-corrected chi connectivity index (χ3v) is 6.52. The Hall–Kier alpha value is -2.04. The lowest BCUT2D eigenvalue weighted by atomic mass is 9.77. The molecule has 2 heterocycles. The summed E-state index contributed by atoms with van der Waals surface area (Å²) in [4.78, 5) is 30.5. The molecule has 1 aromatic carbocycles. The fourth-order valence-electron chi connectivity index (χ4n) is 5.04. The summed E-state index contributed by atoms with van der Waals surface area (Å²) < 4.78 is 1.90. The molecule has 1 amide bonds. The van der Waals surface area contributed by atoms with E-state index in [4.69, 9.17) is 0 Å². The Morgan fingerprint density at radius 3 is 2.62 bits per heavy atom. The zero-order chi connectivity index (χ0) is 18.1. The maximum absolute atomic E-state index is 13.0. The number of carbonyl (C=O) groups excluding carboxylic acids is 1. The van der Waals surface area contributed by atoms with Gasteiger partial charge in [-0.1, -0.05) is 38.3 Å². The van der Waals surface area contributed by atoms with Crippen LogP contribution in [0, 0.1) is 11.8 Å². The van der Waals surface area contributed by atoms with Crippen molar-refractivity contribution in [2.45, 2.75) is 57.9 Å². The van der Waals surface area contributed by atoms with Gasteiger partial charge in [-0.05, 0) is 43.7 Å². The van der Waals surface area contributed by atoms with E-state index in [9.17, 15) is 9.59 Å². The van der Waals surface area contributed by atoms with Crippen molar-refractivity contribution in [3.63, 3.8) is 0 Å². The predicted octanol–water partition coefficient (Wildman–Crippen LogP) is 3.71. The highest BCUT2D eigenvalue weighted by atomic mass is 16.2. The number of rotatable bonds is 3. The van der Waals surface area contributed by atoms with Crippen LogP contribution in [0.3, 0.4) is 0 Å². The molecule has 1 aliphatic carbocycles. The molecule has 2 unspecified atom stereocenters. The van der Waals surface area contributed by atoms with Crippen LogP contribution >= 0.6 is 0 Å². The molecule has 1 N–H and O–H groups in total. The molecule has 2 atom stereocenters. The van der Waals surface area contributed by atoms with Gasteiger partial charge in [0, 0.05) is 25.0 Å². The molecule has 4 rings (SSSR count). The molecule has 140 valence electrons. The van der Waals surface area contributed by atoms with Gasteiger partial charge in [0.1, 0.15) is 0 Å². The van der Waals surface area contributed by atoms with E-state index in [0.29, 0.717) is 11.8 Å². The Labute approximate surface area is 154 Å². The molecule has 1 aliphatic heterocycles. The van der Waals surface area contributed by atoms with Crippen LogP contribution in [-0.2, 0) is 4.79 Å². The maximum Gasteiger partial charge on any atom is 0.326 e. The number of hydrogen-bond donors (Lipinski definition) is 1. The smallest absolute Gasteiger partial charge is 0.326 e. The molecule has 5 nitrogen and oxygen atoms in total. The summed E-state index contributed by atoms with van der Waals surface area (Å²) in [5.74, 6) is 1.15. The number of nitrogens with one attached hydrogen (secondary N) is 1. The van der Waals surface area contributed by atoms with E-state index >= 15 is 0 Å². The number of H-pyrrole nitrogens is 1. The van der Waals surface area contributed by atoms with Crippen LogP contribution in [0.4, 0.5) is 0 Å². The Morgan fingerprint density at radius 2 is 1.85 bits per heavy atom. The van der Waals surface area contributed by atoms with E-state index in [-0.39, 0.29) is 17.6 Å². The van der Waals surface area contributed by atoms with Gasteiger partial charge in [-0.25, -0.2) is 4.79 Å². The number of para-hydroxylation sites is 2. The highest BCUT2D eigenvalue weighted by Gasteiger charge is 2.34. The van der Waals surface area contributed by atoms with Crippen LogP contribution in [0.5, 0.6) is 0 Å².